The van der Waals surface area contributed by atoms with Gasteiger partial charge in [0.15, 0.2) is 5.16 Å². The molecule has 1 amide bonds. The third-order valence-corrected chi connectivity index (χ3v) is 8.64. The van der Waals surface area contributed by atoms with Gasteiger partial charge in [-0.25, -0.2) is 5.01 Å². The molecule has 1 atom stereocenters. The van der Waals surface area contributed by atoms with Gasteiger partial charge in [0.1, 0.15) is 11.8 Å². The molecule has 2 aliphatic heterocycles. The minimum atomic E-state index is -0.215. The van der Waals surface area contributed by atoms with E-state index in [1.165, 1.54) is 24.6 Å². The van der Waals surface area contributed by atoms with Gasteiger partial charge in [-0.05, 0) is 55.2 Å². The predicted molar refractivity (Wildman–Crippen MR) is 133 cm³/mol. The second kappa shape index (κ2) is 9.22. The van der Waals surface area contributed by atoms with Crippen molar-refractivity contribution >= 4 is 40.7 Å². The van der Waals surface area contributed by atoms with Crippen molar-refractivity contribution < 1.29 is 9.21 Å². The van der Waals surface area contributed by atoms with E-state index in [-0.39, 0.29) is 17.7 Å². The number of anilines is 1. The predicted octanol–water partition coefficient (Wildman–Crippen LogP) is 4.97. The van der Waals surface area contributed by atoms with Crippen LogP contribution < -0.4 is 4.90 Å². The van der Waals surface area contributed by atoms with Crippen LogP contribution in [-0.4, -0.2) is 50.2 Å². The highest BCUT2D eigenvalue weighted by Crippen LogP contribution is 2.42. The number of nitrogens with zero attached hydrogens (tertiary/aromatic N) is 6. The molecule has 3 aliphatic rings. The molecular weight excluding hydrogens is 468 g/mol. The number of thioether (sulfide) groups is 1. The van der Waals surface area contributed by atoms with E-state index in [1.54, 1.807) is 22.6 Å². The van der Waals surface area contributed by atoms with Crippen LogP contribution >= 0.6 is 23.1 Å². The van der Waals surface area contributed by atoms with E-state index >= 15 is 0 Å². The van der Waals surface area contributed by atoms with Gasteiger partial charge in [-0.3, -0.25) is 9.36 Å². The molecule has 0 radical (unpaired) electrons. The topological polar surface area (TPSA) is 79.8 Å². The van der Waals surface area contributed by atoms with Gasteiger partial charge in [-0.2, -0.15) is 5.10 Å². The van der Waals surface area contributed by atoms with Crippen LogP contribution in [0.2, 0.25) is 0 Å². The van der Waals surface area contributed by atoms with Crippen molar-refractivity contribution in [3.05, 3.63) is 46.5 Å². The number of hydrazone groups is 1. The minimum Gasteiger partial charge on any atom is -0.467 e. The van der Waals surface area contributed by atoms with Gasteiger partial charge in [0, 0.05) is 25.6 Å². The molecule has 6 rings (SSSR count). The number of furan rings is 1. The summed E-state index contributed by atoms with van der Waals surface area (Å²) in [6.45, 7) is 4.36. The number of aromatic nitrogens is 3. The van der Waals surface area contributed by atoms with Gasteiger partial charge in [0.05, 0.1) is 22.6 Å². The van der Waals surface area contributed by atoms with Crippen molar-refractivity contribution in [1.29, 1.82) is 0 Å². The number of piperidine rings is 1. The monoisotopic (exact) mass is 496 g/mol. The average Bonchev–Trinajstić information content (AvgIpc) is 3.35. The molecule has 0 bridgehead atoms. The fraction of sp³-hybridized carbons (Fsp3) is 0.500. The Morgan fingerprint density at radius 1 is 1.18 bits per heavy atom. The number of carbonyl (C=O) groups is 1. The molecule has 0 N–H and O–H groups in total. The molecule has 10 heteroatoms. The number of hydrogen-bond donors (Lipinski definition) is 0. The molecule has 3 aromatic heterocycles. The van der Waals surface area contributed by atoms with Crippen LogP contribution in [0.15, 0.2) is 50.6 Å². The fourth-order valence-electron chi connectivity index (χ4n) is 4.67. The summed E-state index contributed by atoms with van der Waals surface area (Å²) in [5, 5.41) is 18.3. The summed E-state index contributed by atoms with van der Waals surface area (Å²) in [6, 6.07) is 8.07. The number of rotatable bonds is 7. The van der Waals surface area contributed by atoms with E-state index in [4.69, 9.17) is 9.52 Å². The van der Waals surface area contributed by atoms with Crippen molar-refractivity contribution in [3.63, 3.8) is 0 Å². The van der Waals surface area contributed by atoms with E-state index in [2.05, 4.69) is 26.6 Å². The quantitative estimate of drug-likeness (QED) is 0.430. The normalized spacial score (nSPS) is 21.3. The molecule has 2 fully saturated rings. The Labute approximate surface area is 207 Å². The van der Waals surface area contributed by atoms with Crippen LogP contribution in [-0.2, 0) is 4.79 Å². The van der Waals surface area contributed by atoms with E-state index in [9.17, 15) is 4.79 Å². The fourth-order valence-corrected chi connectivity index (χ4v) is 6.25. The summed E-state index contributed by atoms with van der Waals surface area (Å²) in [5.41, 5.74) is 0.928. The number of thiophene rings is 1. The Morgan fingerprint density at radius 2 is 2.03 bits per heavy atom. The van der Waals surface area contributed by atoms with Crippen LogP contribution in [0.3, 0.4) is 0 Å². The zero-order chi connectivity index (χ0) is 23.1. The molecule has 5 heterocycles. The zero-order valence-electron chi connectivity index (χ0n) is 19.2. The maximum absolute atomic E-state index is 13.4. The summed E-state index contributed by atoms with van der Waals surface area (Å²) in [5.74, 6) is 2.72. The molecule has 178 valence electrons. The van der Waals surface area contributed by atoms with Crippen molar-refractivity contribution in [2.75, 3.05) is 23.7 Å². The van der Waals surface area contributed by atoms with Gasteiger partial charge in [0.2, 0.25) is 5.95 Å². The lowest BCUT2D eigenvalue weighted by Crippen LogP contribution is -2.34. The Bertz CT molecular complexity index is 1160. The lowest BCUT2D eigenvalue weighted by molar-refractivity contribution is -0.130. The molecule has 0 spiro atoms. The Balaban J connectivity index is 1.19. The largest absolute Gasteiger partial charge is 0.467 e. The number of carbonyl (C=O) groups excluding carboxylic acids is 1. The maximum Gasteiger partial charge on any atom is 0.253 e. The highest BCUT2D eigenvalue weighted by Gasteiger charge is 2.36. The third-order valence-electron chi connectivity index (χ3n) is 6.79. The molecular formula is C24H28N6O2S2. The molecule has 34 heavy (non-hydrogen) atoms. The summed E-state index contributed by atoms with van der Waals surface area (Å²) >= 11 is 3.11. The van der Waals surface area contributed by atoms with Crippen molar-refractivity contribution in [3.8, 4) is 0 Å². The molecule has 1 aliphatic carbocycles. The molecule has 8 nitrogen and oxygen atoms in total. The van der Waals surface area contributed by atoms with Crippen LogP contribution in [0.5, 0.6) is 0 Å². The Hall–Kier alpha value is -2.59. The third kappa shape index (κ3) is 4.29. The summed E-state index contributed by atoms with van der Waals surface area (Å²) in [6.07, 6.45) is 6.98. The molecule has 1 saturated carbocycles. The first-order valence-electron chi connectivity index (χ1n) is 12.0. The molecule has 1 unspecified atom stereocenters. The van der Waals surface area contributed by atoms with Crippen molar-refractivity contribution in [2.24, 2.45) is 11.0 Å². The molecule has 1 saturated heterocycles. The maximum atomic E-state index is 13.4. The Morgan fingerprint density at radius 3 is 2.74 bits per heavy atom. The second-order valence-electron chi connectivity index (χ2n) is 9.34. The van der Waals surface area contributed by atoms with Crippen LogP contribution in [0.1, 0.15) is 61.7 Å². The lowest BCUT2D eigenvalue weighted by atomic mass is 10.00. The second-order valence-corrected chi connectivity index (χ2v) is 11.2. The number of amides is 1. The summed E-state index contributed by atoms with van der Waals surface area (Å²) < 4.78 is 7.93. The van der Waals surface area contributed by atoms with E-state index in [0.29, 0.717) is 12.5 Å². The van der Waals surface area contributed by atoms with E-state index < -0.39 is 0 Å². The molecule has 0 aromatic carbocycles. The van der Waals surface area contributed by atoms with Gasteiger partial charge < -0.3 is 9.32 Å². The van der Waals surface area contributed by atoms with E-state index in [1.807, 2.05) is 29.6 Å². The van der Waals surface area contributed by atoms with Gasteiger partial charge in [-0.15, -0.1) is 21.5 Å². The lowest BCUT2D eigenvalue weighted by Gasteiger charge is -2.31. The van der Waals surface area contributed by atoms with Gasteiger partial charge >= 0.3 is 0 Å². The summed E-state index contributed by atoms with van der Waals surface area (Å²) in [7, 11) is 0. The first-order chi connectivity index (χ1) is 16.7. The van der Waals surface area contributed by atoms with Crippen LogP contribution in [0.4, 0.5) is 5.95 Å². The minimum absolute atomic E-state index is 0.0448. The highest BCUT2D eigenvalue weighted by atomic mass is 32.2. The smallest absolute Gasteiger partial charge is 0.253 e. The summed E-state index contributed by atoms with van der Waals surface area (Å²) in [4.78, 5) is 16.8. The first kappa shape index (κ1) is 21.9. The SMILES string of the molecule is CC1CCN(c2nnc(SCC(=O)N3N=C(c4cccs4)CC3c3ccco3)n2C2CC2)CC1. The van der Waals surface area contributed by atoms with Crippen molar-refractivity contribution in [1.82, 2.24) is 19.8 Å². The van der Waals surface area contributed by atoms with Crippen LogP contribution in [0.25, 0.3) is 0 Å². The van der Waals surface area contributed by atoms with Crippen LogP contribution in [0, 0.1) is 5.92 Å². The first-order valence-corrected chi connectivity index (χ1v) is 13.8. The average molecular weight is 497 g/mol. The zero-order valence-corrected chi connectivity index (χ0v) is 20.8. The van der Waals surface area contributed by atoms with Crippen molar-refractivity contribution in [2.45, 2.75) is 56.3 Å². The number of hydrogen-bond acceptors (Lipinski definition) is 8. The van der Waals surface area contributed by atoms with E-state index in [0.717, 1.165) is 59.3 Å². The molecule has 3 aromatic rings. The standard InChI is InChI=1S/C24H28N6O2S2/c1-16-8-10-28(11-9-16)23-25-26-24(29(23)17-6-7-17)34-15-22(31)30-19(20-4-2-12-32-20)14-18(27-30)21-5-3-13-33-21/h2-5,12-13,16-17,19H,6-11,14-15H2,1H3. The van der Waals surface area contributed by atoms with Gasteiger partial charge in [-0.1, -0.05) is 24.8 Å². The Kier molecular flexibility index (Phi) is 5.94. The van der Waals surface area contributed by atoms with Gasteiger partial charge in [0.25, 0.3) is 5.91 Å². The highest BCUT2D eigenvalue weighted by molar-refractivity contribution is 7.99.